The Kier molecular flexibility index (Phi) is 5.17. The molecule has 1 aromatic carbocycles. The van der Waals surface area contributed by atoms with Crippen molar-refractivity contribution in [3.63, 3.8) is 0 Å². The van der Waals surface area contributed by atoms with E-state index in [1.54, 1.807) is 13.1 Å². The molecule has 0 bridgehead atoms. The van der Waals surface area contributed by atoms with Crippen molar-refractivity contribution >= 4 is 29.0 Å². The first-order valence-electron chi connectivity index (χ1n) is 6.83. The standard InChI is InChI=1S/C14H15ClN4O4/c1-3-9-6-16-13(23-9)7-17-14(20)18-11-5-12(19(21)22)10(15)4-8(11)2/h4-6H,3,7H2,1-2H3,(H2,17,18,20). The van der Waals surface area contributed by atoms with Gasteiger partial charge < -0.3 is 15.1 Å². The Labute approximate surface area is 137 Å². The molecule has 2 amide bonds. The molecule has 0 aliphatic heterocycles. The molecule has 0 unspecified atom stereocenters. The fourth-order valence-electron chi connectivity index (χ4n) is 1.85. The van der Waals surface area contributed by atoms with Gasteiger partial charge in [-0.1, -0.05) is 18.5 Å². The summed E-state index contributed by atoms with van der Waals surface area (Å²) in [6.07, 6.45) is 2.31. The molecule has 23 heavy (non-hydrogen) atoms. The van der Waals surface area contributed by atoms with E-state index in [2.05, 4.69) is 15.6 Å². The maximum Gasteiger partial charge on any atom is 0.319 e. The number of carbonyl (C=O) groups is 1. The molecule has 2 aromatic rings. The lowest BCUT2D eigenvalue weighted by Crippen LogP contribution is -2.28. The fraction of sp³-hybridized carbons (Fsp3) is 0.286. The molecule has 0 spiro atoms. The lowest BCUT2D eigenvalue weighted by Gasteiger charge is -2.09. The van der Waals surface area contributed by atoms with Gasteiger partial charge in [-0.2, -0.15) is 0 Å². The molecule has 0 saturated carbocycles. The summed E-state index contributed by atoms with van der Waals surface area (Å²) in [4.78, 5) is 26.2. The number of aryl methyl sites for hydroxylation is 2. The largest absolute Gasteiger partial charge is 0.444 e. The van der Waals surface area contributed by atoms with Crippen LogP contribution in [0.5, 0.6) is 0 Å². The first-order valence-corrected chi connectivity index (χ1v) is 7.21. The molecule has 9 heteroatoms. The Morgan fingerprint density at radius 1 is 1.48 bits per heavy atom. The Hall–Kier alpha value is -2.61. The smallest absolute Gasteiger partial charge is 0.319 e. The van der Waals surface area contributed by atoms with Crippen LogP contribution in [0.3, 0.4) is 0 Å². The van der Waals surface area contributed by atoms with Gasteiger partial charge in [0.05, 0.1) is 23.4 Å². The molecule has 0 fully saturated rings. The minimum atomic E-state index is -0.607. The van der Waals surface area contributed by atoms with E-state index in [1.807, 2.05) is 6.92 Å². The molecule has 1 heterocycles. The van der Waals surface area contributed by atoms with E-state index in [-0.39, 0.29) is 17.3 Å². The van der Waals surface area contributed by atoms with Gasteiger partial charge in [0.15, 0.2) is 0 Å². The van der Waals surface area contributed by atoms with Gasteiger partial charge in [-0.15, -0.1) is 0 Å². The van der Waals surface area contributed by atoms with Gasteiger partial charge in [0, 0.05) is 12.5 Å². The average Bonchev–Trinajstić information content (AvgIpc) is 2.95. The zero-order valence-electron chi connectivity index (χ0n) is 12.6. The van der Waals surface area contributed by atoms with Crippen molar-refractivity contribution in [2.75, 3.05) is 5.32 Å². The summed E-state index contributed by atoms with van der Waals surface area (Å²) in [5, 5.41) is 16.0. The zero-order valence-corrected chi connectivity index (χ0v) is 13.3. The van der Waals surface area contributed by atoms with Crippen LogP contribution in [0.15, 0.2) is 22.7 Å². The summed E-state index contributed by atoms with van der Waals surface area (Å²) >= 11 is 5.80. The van der Waals surface area contributed by atoms with E-state index in [0.29, 0.717) is 23.6 Å². The van der Waals surface area contributed by atoms with Crippen LogP contribution in [0, 0.1) is 17.0 Å². The molecule has 0 atom stereocenters. The number of nitrogens with zero attached hydrogens (tertiary/aromatic N) is 2. The molecule has 2 rings (SSSR count). The lowest BCUT2D eigenvalue weighted by molar-refractivity contribution is -0.384. The molecule has 0 aliphatic rings. The average molecular weight is 339 g/mol. The Bertz CT molecular complexity index is 744. The number of nitro benzene ring substituents is 1. The highest BCUT2D eigenvalue weighted by atomic mass is 35.5. The SMILES string of the molecule is CCc1cnc(CNC(=O)Nc2cc([N+](=O)[O-])c(Cl)cc2C)o1. The molecule has 1 aromatic heterocycles. The number of carbonyl (C=O) groups excluding carboxylic acids is 1. The second-order valence-corrected chi connectivity index (χ2v) is 5.16. The number of nitro groups is 1. The maximum atomic E-state index is 11.9. The van der Waals surface area contributed by atoms with E-state index in [4.69, 9.17) is 16.0 Å². The van der Waals surface area contributed by atoms with E-state index in [9.17, 15) is 14.9 Å². The van der Waals surface area contributed by atoms with Crippen LogP contribution in [-0.4, -0.2) is 15.9 Å². The monoisotopic (exact) mass is 338 g/mol. The number of halogens is 1. The predicted octanol–water partition coefficient (Wildman–Crippen LogP) is 3.43. The van der Waals surface area contributed by atoms with Gasteiger partial charge in [0.2, 0.25) is 5.89 Å². The number of benzene rings is 1. The van der Waals surface area contributed by atoms with Gasteiger partial charge in [-0.3, -0.25) is 10.1 Å². The van der Waals surface area contributed by atoms with Gasteiger partial charge in [0.25, 0.3) is 5.69 Å². The zero-order chi connectivity index (χ0) is 17.0. The van der Waals surface area contributed by atoms with Crippen molar-refractivity contribution in [2.45, 2.75) is 26.8 Å². The van der Waals surface area contributed by atoms with Gasteiger partial charge in [0.1, 0.15) is 10.8 Å². The van der Waals surface area contributed by atoms with Crippen LogP contribution < -0.4 is 10.6 Å². The van der Waals surface area contributed by atoms with Crippen LogP contribution in [0.1, 0.15) is 24.1 Å². The molecule has 0 radical (unpaired) electrons. The van der Waals surface area contributed by atoms with Gasteiger partial charge in [-0.05, 0) is 18.6 Å². The van der Waals surface area contributed by atoms with Crippen LogP contribution in [0.4, 0.5) is 16.2 Å². The molecule has 0 saturated heterocycles. The highest BCUT2D eigenvalue weighted by Gasteiger charge is 2.16. The molecular formula is C14H15ClN4O4. The van der Waals surface area contributed by atoms with Crippen LogP contribution in [0.2, 0.25) is 5.02 Å². The Balaban J connectivity index is 2.02. The second-order valence-electron chi connectivity index (χ2n) is 4.76. The van der Waals surface area contributed by atoms with Gasteiger partial charge >= 0.3 is 6.03 Å². The molecule has 0 aliphatic carbocycles. The number of oxazole rings is 1. The number of nitrogens with one attached hydrogen (secondary N) is 2. The number of amides is 2. The highest BCUT2D eigenvalue weighted by molar-refractivity contribution is 6.32. The minimum Gasteiger partial charge on any atom is -0.444 e. The summed E-state index contributed by atoms with van der Waals surface area (Å²) in [6.45, 7) is 3.73. The van der Waals surface area contributed by atoms with E-state index in [0.717, 1.165) is 5.76 Å². The number of urea groups is 1. The molecule has 2 N–H and O–H groups in total. The lowest BCUT2D eigenvalue weighted by atomic mass is 10.2. The fourth-order valence-corrected chi connectivity index (χ4v) is 2.14. The van der Waals surface area contributed by atoms with Crippen molar-refractivity contribution < 1.29 is 14.1 Å². The van der Waals surface area contributed by atoms with E-state index in [1.165, 1.54) is 12.1 Å². The Morgan fingerprint density at radius 3 is 2.83 bits per heavy atom. The quantitative estimate of drug-likeness (QED) is 0.641. The van der Waals surface area contributed by atoms with Gasteiger partial charge in [-0.25, -0.2) is 9.78 Å². The first kappa shape index (κ1) is 16.8. The summed E-state index contributed by atoms with van der Waals surface area (Å²) in [5.41, 5.74) is 0.647. The number of rotatable bonds is 5. The summed E-state index contributed by atoms with van der Waals surface area (Å²) in [6, 6.07) is 2.12. The topological polar surface area (TPSA) is 110 Å². The van der Waals surface area contributed by atoms with E-state index >= 15 is 0 Å². The minimum absolute atomic E-state index is 0.0188. The third-order valence-electron chi connectivity index (χ3n) is 3.09. The van der Waals surface area contributed by atoms with Crippen molar-refractivity contribution in [1.29, 1.82) is 0 Å². The van der Waals surface area contributed by atoms with Crippen molar-refractivity contribution in [1.82, 2.24) is 10.3 Å². The van der Waals surface area contributed by atoms with Crippen molar-refractivity contribution in [3.05, 3.63) is 50.7 Å². The molecule has 8 nitrogen and oxygen atoms in total. The number of hydrogen-bond acceptors (Lipinski definition) is 5. The summed E-state index contributed by atoms with van der Waals surface area (Å²) in [5.74, 6) is 1.11. The molecule has 122 valence electrons. The number of hydrogen-bond donors (Lipinski definition) is 2. The second kappa shape index (κ2) is 7.10. The Morgan fingerprint density at radius 2 is 2.22 bits per heavy atom. The third kappa shape index (κ3) is 4.19. The predicted molar refractivity (Wildman–Crippen MR) is 84.6 cm³/mol. The number of aromatic nitrogens is 1. The van der Waals surface area contributed by atoms with Crippen LogP contribution >= 0.6 is 11.6 Å². The summed E-state index contributed by atoms with van der Waals surface area (Å²) in [7, 11) is 0. The van der Waals surface area contributed by atoms with Crippen molar-refractivity contribution in [2.24, 2.45) is 0 Å². The molecular weight excluding hydrogens is 324 g/mol. The van der Waals surface area contributed by atoms with Crippen molar-refractivity contribution in [3.8, 4) is 0 Å². The van der Waals surface area contributed by atoms with Crippen LogP contribution in [-0.2, 0) is 13.0 Å². The highest BCUT2D eigenvalue weighted by Crippen LogP contribution is 2.30. The van der Waals surface area contributed by atoms with E-state index < -0.39 is 11.0 Å². The third-order valence-corrected chi connectivity index (χ3v) is 3.39. The number of anilines is 1. The first-order chi connectivity index (χ1) is 10.9. The maximum absolute atomic E-state index is 11.9. The normalized spacial score (nSPS) is 10.4. The van der Waals surface area contributed by atoms with Crippen LogP contribution in [0.25, 0.3) is 0 Å². The summed E-state index contributed by atoms with van der Waals surface area (Å²) < 4.78 is 5.36.